The Balaban J connectivity index is 1.56. The molecule has 0 amide bonds. The molecule has 4 rings (SSSR count). The SMILES string of the molecule is O=C1OC(c2ccc(I)cc2)=N/C1=C\c1cc(I)c(OCc2ccccc2I)c(I)c1. The van der Waals surface area contributed by atoms with Crippen LogP contribution in [0.4, 0.5) is 0 Å². The number of carbonyl (C=O) groups excluding carboxylic acids is 1. The first-order valence-electron chi connectivity index (χ1n) is 9.04. The Morgan fingerprint density at radius 2 is 1.58 bits per heavy atom. The molecule has 3 aromatic carbocycles. The van der Waals surface area contributed by atoms with Gasteiger partial charge in [0.1, 0.15) is 12.4 Å². The molecule has 0 aliphatic carbocycles. The molecule has 1 aliphatic heterocycles. The summed E-state index contributed by atoms with van der Waals surface area (Å²) in [5.41, 5.74) is 3.08. The molecule has 0 saturated carbocycles. The number of hydrogen-bond acceptors (Lipinski definition) is 4. The number of nitrogens with zero attached hydrogens (tertiary/aromatic N) is 1. The van der Waals surface area contributed by atoms with Crippen LogP contribution in [0.25, 0.3) is 6.08 Å². The number of esters is 1. The van der Waals surface area contributed by atoms with Gasteiger partial charge in [-0.3, -0.25) is 0 Å². The van der Waals surface area contributed by atoms with Gasteiger partial charge in [0.2, 0.25) is 5.90 Å². The normalized spacial score (nSPS) is 14.5. The highest BCUT2D eigenvalue weighted by atomic mass is 127. The highest BCUT2D eigenvalue weighted by Crippen LogP contribution is 2.31. The van der Waals surface area contributed by atoms with E-state index in [-0.39, 0.29) is 5.70 Å². The van der Waals surface area contributed by atoms with Crippen molar-refractivity contribution in [2.45, 2.75) is 6.61 Å². The highest BCUT2D eigenvalue weighted by Gasteiger charge is 2.24. The lowest BCUT2D eigenvalue weighted by Crippen LogP contribution is -2.05. The Labute approximate surface area is 234 Å². The molecular weight excluding hydrogens is 846 g/mol. The zero-order chi connectivity index (χ0) is 22.0. The van der Waals surface area contributed by atoms with Crippen molar-refractivity contribution in [2.75, 3.05) is 0 Å². The number of aliphatic imine (C=N–C) groups is 1. The number of cyclic esters (lactones) is 1. The van der Waals surface area contributed by atoms with Crippen LogP contribution in [-0.4, -0.2) is 11.9 Å². The Morgan fingerprint density at radius 1 is 0.903 bits per heavy atom. The van der Waals surface area contributed by atoms with E-state index in [4.69, 9.17) is 9.47 Å². The average molecular weight is 859 g/mol. The first-order chi connectivity index (χ1) is 14.9. The summed E-state index contributed by atoms with van der Waals surface area (Å²) in [7, 11) is 0. The average Bonchev–Trinajstić information content (AvgIpc) is 3.09. The third-order valence-corrected chi connectivity index (χ3v) is 7.74. The van der Waals surface area contributed by atoms with Crippen LogP contribution >= 0.6 is 90.4 Å². The molecule has 0 saturated heterocycles. The second-order valence-corrected chi connectivity index (χ2v) is 11.3. The molecule has 0 radical (unpaired) electrons. The molecule has 31 heavy (non-hydrogen) atoms. The Kier molecular flexibility index (Phi) is 7.90. The third kappa shape index (κ3) is 5.79. The van der Waals surface area contributed by atoms with Gasteiger partial charge in [-0.2, -0.15) is 0 Å². The minimum absolute atomic E-state index is 0.285. The van der Waals surface area contributed by atoms with Crippen molar-refractivity contribution in [3.05, 3.63) is 97.3 Å². The highest BCUT2D eigenvalue weighted by molar-refractivity contribution is 14.1. The smallest absolute Gasteiger partial charge is 0.363 e. The van der Waals surface area contributed by atoms with E-state index in [1.807, 2.05) is 48.5 Å². The monoisotopic (exact) mass is 859 g/mol. The summed E-state index contributed by atoms with van der Waals surface area (Å²) < 4.78 is 15.7. The van der Waals surface area contributed by atoms with Crippen molar-refractivity contribution in [2.24, 2.45) is 4.99 Å². The van der Waals surface area contributed by atoms with Crippen molar-refractivity contribution < 1.29 is 14.3 Å². The maximum absolute atomic E-state index is 12.3. The molecule has 4 nitrogen and oxygen atoms in total. The van der Waals surface area contributed by atoms with Gasteiger partial charge in [-0.1, -0.05) is 18.2 Å². The van der Waals surface area contributed by atoms with Gasteiger partial charge in [-0.25, -0.2) is 9.79 Å². The number of halogens is 4. The number of benzene rings is 3. The maximum Gasteiger partial charge on any atom is 0.363 e. The first kappa shape index (κ1) is 23.4. The second kappa shape index (κ2) is 10.5. The predicted molar refractivity (Wildman–Crippen MR) is 155 cm³/mol. The van der Waals surface area contributed by atoms with Gasteiger partial charge in [0.25, 0.3) is 0 Å². The van der Waals surface area contributed by atoms with E-state index in [1.165, 1.54) is 3.57 Å². The molecule has 0 N–H and O–H groups in total. The lowest BCUT2D eigenvalue weighted by Gasteiger charge is -2.12. The van der Waals surface area contributed by atoms with E-state index in [9.17, 15) is 4.79 Å². The molecule has 0 aromatic heterocycles. The summed E-state index contributed by atoms with van der Waals surface area (Å²) >= 11 is 9.06. The lowest BCUT2D eigenvalue weighted by atomic mass is 10.2. The largest absolute Gasteiger partial charge is 0.487 e. The molecular formula is C23H13I4NO3. The summed E-state index contributed by atoms with van der Waals surface area (Å²) in [6.07, 6.45) is 1.75. The van der Waals surface area contributed by atoms with Crippen LogP contribution in [0.3, 0.4) is 0 Å². The van der Waals surface area contributed by atoms with E-state index in [0.29, 0.717) is 12.5 Å². The molecule has 0 fully saturated rings. The minimum atomic E-state index is -0.447. The fourth-order valence-electron chi connectivity index (χ4n) is 2.85. The standard InChI is InChI=1S/C23H13I4NO3/c24-16-7-5-14(6-8-16)22-28-20(23(29)31-22)11-13-9-18(26)21(19(27)10-13)30-12-15-3-1-2-4-17(15)25/h1-11H,12H2/b20-11-. The van der Waals surface area contributed by atoms with Crippen molar-refractivity contribution in [3.8, 4) is 5.75 Å². The van der Waals surface area contributed by atoms with Gasteiger partial charge in [0.05, 0.1) is 7.14 Å². The van der Waals surface area contributed by atoms with Gasteiger partial charge in [-0.05, 0) is 144 Å². The Bertz CT molecular complexity index is 1200. The molecule has 0 unspecified atom stereocenters. The van der Waals surface area contributed by atoms with Crippen LogP contribution in [0.2, 0.25) is 0 Å². The van der Waals surface area contributed by atoms with Crippen LogP contribution in [0.1, 0.15) is 16.7 Å². The van der Waals surface area contributed by atoms with Gasteiger partial charge in [-0.15, -0.1) is 0 Å². The Hall–Kier alpha value is -0.740. The number of rotatable bonds is 5. The molecule has 8 heteroatoms. The topological polar surface area (TPSA) is 47.9 Å². The molecule has 1 heterocycles. The predicted octanol–water partition coefficient (Wildman–Crippen LogP) is 7.03. The van der Waals surface area contributed by atoms with E-state index in [2.05, 4.69) is 107 Å². The molecule has 0 bridgehead atoms. The fourth-order valence-corrected chi connectivity index (χ4v) is 5.88. The van der Waals surface area contributed by atoms with E-state index >= 15 is 0 Å². The van der Waals surface area contributed by atoms with Crippen LogP contribution in [0.15, 0.2) is 71.4 Å². The summed E-state index contributed by atoms with van der Waals surface area (Å²) in [4.78, 5) is 16.7. The van der Waals surface area contributed by atoms with Crippen LogP contribution in [0, 0.1) is 14.3 Å². The summed E-state index contributed by atoms with van der Waals surface area (Å²) in [5.74, 6) is 0.715. The van der Waals surface area contributed by atoms with Crippen molar-refractivity contribution in [3.63, 3.8) is 0 Å². The maximum atomic E-state index is 12.3. The van der Waals surface area contributed by atoms with Crippen molar-refractivity contribution in [1.82, 2.24) is 0 Å². The lowest BCUT2D eigenvalue weighted by molar-refractivity contribution is -0.129. The van der Waals surface area contributed by atoms with Crippen LogP contribution in [0.5, 0.6) is 5.75 Å². The third-order valence-electron chi connectivity index (χ3n) is 4.37. The van der Waals surface area contributed by atoms with E-state index in [1.54, 1.807) is 6.08 Å². The summed E-state index contributed by atoms with van der Waals surface area (Å²) in [5, 5.41) is 0. The quantitative estimate of drug-likeness (QED) is 0.158. The zero-order valence-corrected chi connectivity index (χ0v) is 24.4. The summed E-state index contributed by atoms with van der Waals surface area (Å²) in [6.45, 7) is 0.502. The number of carbonyl (C=O) groups is 1. The molecule has 0 spiro atoms. The fraction of sp³-hybridized carbons (Fsp3) is 0.0435. The van der Waals surface area contributed by atoms with Crippen molar-refractivity contribution >= 4 is 108 Å². The van der Waals surface area contributed by atoms with Crippen LogP contribution in [-0.2, 0) is 16.1 Å². The summed E-state index contributed by atoms with van der Waals surface area (Å²) in [6, 6.07) is 19.8. The van der Waals surface area contributed by atoms with Gasteiger partial charge in [0, 0.05) is 18.3 Å². The van der Waals surface area contributed by atoms with Crippen molar-refractivity contribution in [1.29, 1.82) is 0 Å². The van der Waals surface area contributed by atoms with Crippen LogP contribution < -0.4 is 4.74 Å². The number of ether oxygens (including phenoxy) is 2. The van der Waals surface area contributed by atoms with E-state index in [0.717, 1.165) is 33.2 Å². The second-order valence-electron chi connectivity index (χ2n) is 6.54. The number of hydrogen-bond donors (Lipinski definition) is 0. The van der Waals surface area contributed by atoms with Gasteiger partial charge < -0.3 is 9.47 Å². The van der Waals surface area contributed by atoms with Gasteiger partial charge >= 0.3 is 5.97 Å². The molecule has 0 atom stereocenters. The molecule has 1 aliphatic rings. The zero-order valence-electron chi connectivity index (χ0n) is 15.7. The molecule has 156 valence electrons. The van der Waals surface area contributed by atoms with E-state index < -0.39 is 5.97 Å². The molecule has 3 aromatic rings. The minimum Gasteiger partial charge on any atom is -0.487 e. The van der Waals surface area contributed by atoms with Gasteiger partial charge in [0.15, 0.2) is 5.70 Å². The Morgan fingerprint density at radius 3 is 2.26 bits per heavy atom. The first-order valence-corrected chi connectivity index (χ1v) is 13.4.